The fraction of sp³-hybridized carbons (Fsp3) is 0.0769. The maximum atomic E-state index is 11.1. The first-order chi connectivity index (χ1) is 8.88. The minimum atomic E-state index is -4.24. The minimum Gasteiger partial charge on any atom is -0.397 e. The zero-order valence-corrected chi connectivity index (χ0v) is 11.1. The van der Waals surface area contributed by atoms with E-state index in [4.69, 9.17) is 10.3 Å². The highest BCUT2D eigenvalue weighted by atomic mass is 32.2. The number of hydrogen-bond donors (Lipinski definition) is 3. The van der Waals surface area contributed by atoms with Gasteiger partial charge in [-0.25, -0.2) is 0 Å². The van der Waals surface area contributed by atoms with E-state index in [1.54, 1.807) is 0 Å². The lowest BCUT2D eigenvalue weighted by Gasteiger charge is -2.12. The highest BCUT2D eigenvalue weighted by Gasteiger charge is 2.12. The van der Waals surface area contributed by atoms with E-state index in [1.807, 2.05) is 31.2 Å². The number of anilines is 3. The molecule has 0 bridgehead atoms. The van der Waals surface area contributed by atoms with Gasteiger partial charge in [0, 0.05) is 5.69 Å². The molecule has 4 N–H and O–H groups in total. The van der Waals surface area contributed by atoms with Crippen molar-refractivity contribution in [1.29, 1.82) is 0 Å². The summed E-state index contributed by atoms with van der Waals surface area (Å²) < 4.78 is 31.2. The fourth-order valence-corrected chi connectivity index (χ4v) is 2.17. The Morgan fingerprint density at radius 2 is 1.79 bits per heavy atom. The average molecular weight is 278 g/mol. The molecule has 0 aliphatic rings. The molecule has 19 heavy (non-hydrogen) atoms. The molecule has 0 amide bonds. The summed E-state index contributed by atoms with van der Waals surface area (Å²) in [6, 6.07) is 11.5. The van der Waals surface area contributed by atoms with Crippen LogP contribution in [0.15, 0.2) is 47.4 Å². The summed E-state index contributed by atoms with van der Waals surface area (Å²) in [4.78, 5) is -0.196. The summed E-state index contributed by atoms with van der Waals surface area (Å²) in [5.41, 5.74) is 8.45. The molecule has 0 saturated carbocycles. The van der Waals surface area contributed by atoms with E-state index in [2.05, 4.69) is 5.32 Å². The van der Waals surface area contributed by atoms with Gasteiger partial charge in [-0.1, -0.05) is 18.2 Å². The number of benzene rings is 2. The third-order valence-corrected chi connectivity index (χ3v) is 3.59. The van der Waals surface area contributed by atoms with Crippen LogP contribution in [0.5, 0.6) is 0 Å². The molecule has 0 saturated heterocycles. The van der Waals surface area contributed by atoms with Gasteiger partial charge >= 0.3 is 0 Å². The summed E-state index contributed by atoms with van der Waals surface area (Å²) >= 11 is 0. The van der Waals surface area contributed by atoms with Gasteiger partial charge in [-0.3, -0.25) is 4.55 Å². The van der Waals surface area contributed by atoms with Crippen LogP contribution in [0.25, 0.3) is 0 Å². The molecule has 0 fully saturated rings. The SMILES string of the molecule is Cc1ccccc1Nc1cc(S(=O)(=O)O)ccc1N. The van der Waals surface area contributed by atoms with Crippen LogP contribution in [0, 0.1) is 6.92 Å². The first-order valence-corrected chi connectivity index (χ1v) is 7.01. The Morgan fingerprint density at radius 1 is 1.11 bits per heavy atom. The van der Waals surface area contributed by atoms with E-state index < -0.39 is 10.1 Å². The highest BCUT2D eigenvalue weighted by molar-refractivity contribution is 7.85. The van der Waals surface area contributed by atoms with Gasteiger partial charge in [0.15, 0.2) is 0 Å². The Kier molecular flexibility index (Phi) is 3.46. The second-order valence-electron chi connectivity index (χ2n) is 4.16. The van der Waals surface area contributed by atoms with Crippen molar-refractivity contribution >= 4 is 27.2 Å². The van der Waals surface area contributed by atoms with Gasteiger partial charge in [-0.2, -0.15) is 8.42 Å². The summed E-state index contributed by atoms with van der Waals surface area (Å²) in [7, 11) is -4.24. The van der Waals surface area contributed by atoms with Crippen molar-refractivity contribution in [1.82, 2.24) is 0 Å². The summed E-state index contributed by atoms with van der Waals surface area (Å²) in [6.07, 6.45) is 0. The van der Waals surface area contributed by atoms with Gasteiger partial charge in [0.1, 0.15) is 0 Å². The quantitative estimate of drug-likeness (QED) is 0.592. The van der Waals surface area contributed by atoms with Gasteiger partial charge in [0.2, 0.25) is 0 Å². The molecule has 0 heterocycles. The number of nitrogens with two attached hydrogens (primary N) is 1. The maximum absolute atomic E-state index is 11.1. The van der Waals surface area contributed by atoms with Gasteiger partial charge in [0.05, 0.1) is 16.3 Å². The second-order valence-corrected chi connectivity index (χ2v) is 5.59. The average Bonchev–Trinajstić information content (AvgIpc) is 2.33. The number of para-hydroxylation sites is 1. The minimum absolute atomic E-state index is 0.196. The van der Waals surface area contributed by atoms with Crippen molar-refractivity contribution in [2.24, 2.45) is 0 Å². The number of nitrogen functional groups attached to an aromatic ring is 1. The monoisotopic (exact) mass is 278 g/mol. The lowest BCUT2D eigenvalue weighted by molar-refractivity contribution is 0.483. The van der Waals surface area contributed by atoms with Gasteiger partial charge < -0.3 is 11.1 Å². The predicted octanol–water partition coefficient (Wildman–Crippen LogP) is 2.57. The standard InChI is InChI=1S/C13H14N2O3S/c1-9-4-2-3-5-12(9)15-13-8-10(19(16,17)18)6-7-11(13)14/h2-8,15H,14H2,1H3,(H,16,17,18). The third-order valence-electron chi connectivity index (χ3n) is 2.74. The zero-order chi connectivity index (χ0) is 14.0. The molecular formula is C13H14N2O3S. The topological polar surface area (TPSA) is 92.4 Å². The van der Waals surface area contributed by atoms with Crippen molar-refractivity contribution in [3.8, 4) is 0 Å². The Bertz CT molecular complexity index is 712. The van der Waals surface area contributed by atoms with Crippen molar-refractivity contribution in [2.75, 3.05) is 11.1 Å². The molecule has 0 aliphatic heterocycles. The summed E-state index contributed by atoms with van der Waals surface area (Å²) in [6.45, 7) is 1.92. The molecule has 0 radical (unpaired) electrons. The molecule has 100 valence electrons. The van der Waals surface area contributed by atoms with Gasteiger partial charge in [-0.15, -0.1) is 0 Å². The first-order valence-electron chi connectivity index (χ1n) is 5.57. The normalized spacial score (nSPS) is 11.3. The number of hydrogen-bond acceptors (Lipinski definition) is 4. The summed E-state index contributed by atoms with van der Waals surface area (Å²) in [5.74, 6) is 0. The highest BCUT2D eigenvalue weighted by Crippen LogP contribution is 2.27. The summed E-state index contributed by atoms with van der Waals surface area (Å²) in [5, 5.41) is 3.05. The van der Waals surface area contributed by atoms with Crippen LogP contribution < -0.4 is 11.1 Å². The number of nitrogens with one attached hydrogen (secondary N) is 1. The Balaban J connectivity index is 2.43. The zero-order valence-electron chi connectivity index (χ0n) is 10.3. The maximum Gasteiger partial charge on any atom is 0.294 e. The Labute approximate surface area is 111 Å². The van der Waals surface area contributed by atoms with E-state index in [0.29, 0.717) is 11.4 Å². The van der Waals surface area contributed by atoms with Crippen molar-refractivity contribution in [3.63, 3.8) is 0 Å². The van der Waals surface area contributed by atoms with Crippen molar-refractivity contribution in [3.05, 3.63) is 48.0 Å². The molecule has 0 unspecified atom stereocenters. The van der Waals surface area contributed by atoms with E-state index in [1.165, 1.54) is 18.2 Å². The van der Waals surface area contributed by atoms with E-state index in [0.717, 1.165) is 11.3 Å². The van der Waals surface area contributed by atoms with E-state index in [-0.39, 0.29) is 4.90 Å². The number of rotatable bonds is 3. The third kappa shape index (κ3) is 3.04. The second kappa shape index (κ2) is 4.91. The van der Waals surface area contributed by atoms with Gasteiger partial charge in [-0.05, 0) is 36.8 Å². The molecule has 2 aromatic rings. The lowest BCUT2D eigenvalue weighted by atomic mass is 10.2. The lowest BCUT2D eigenvalue weighted by Crippen LogP contribution is -2.02. The first kappa shape index (κ1) is 13.4. The molecule has 2 rings (SSSR count). The fourth-order valence-electron chi connectivity index (χ4n) is 1.66. The van der Waals surface area contributed by atoms with Gasteiger partial charge in [0.25, 0.3) is 10.1 Å². The van der Waals surface area contributed by atoms with Crippen LogP contribution in [0.3, 0.4) is 0 Å². The molecule has 0 aliphatic carbocycles. The van der Waals surface area contributed by atoms with Crippen LogP contribution in [-0.4, -0.2) is 13.0 Å². The molecule has 5 nitrogen and oxygen atoms in total. The Hall–Kier alpha value is -2.05. The Morgan fingerprint density at radius 3 is 2.42 bits per heavy atom. The molecule has 0 spiro atoms. The predicted molar refractivity (Wildman–Crippen MR) is 75.1 cm³/mol. The molecule has 0 atom stereocenters. The van der Waals surface area contributed by atoms with Crippen LogP contribution in [0.1, 0.15) is 5.56 Å². The van der Waals surface area contributed by atoms with Crippen LogP contribution in [0.4, 0.5) is 17.1 Å². The van der Waals surface area contributed by atoms with Crippen molar-refractivity contribution < 1.29 is 13.0 Å². The molecule has 2 aromatic carbocycles. The van der Waals surface area contributed by atoms with Crippen molar-refractivity contribution in [2.45, 2.75) is 11.8 Å². The molecule has 0 aromatic heterocycles. The van der Waals surface area contributed by atoms with E-state index in [9.17, 15) is 8.42 Å². The largest absolute Gasteiger partial charge is 0.397 e. The van der Waals surface area contributed by atoms with E-state index >= 15 is 0 Å². The molecular weight excluding hydrogens is 264 g/mol. The van der Waals surface area contributed by atoms with Crippen LogP contribution in [-0.2, 0) is 10.1 Å². The van der Waals surface area contributed by atoms with Crippen LogP contribution >= 0.6 is 0 Å². The number of aryl methyl sites for hydroxylation is 1. The smallest absolute Gasteiger partial charge is 0.294 e. The molecule has 6 heteroatoms. The van der Waals surface area contributed by atoms with Crippen LogP contribution in [0.2, 0.25) is 0 Å².